The summed E-state index contributed by atoms with van der Waals surface area (Å²) in [5.41, 5.74) is 5.69. The zero-order valence-corrected chi connectivity index (χ0v) is 8.12. The maximum absolute atomic E-state index is 10.4. The molecular formula is C8H11N5O2. The highest BCUT2D eigenvalue weighted by molar-refractivity contribution is 5.50. The monoisotopic (exact) mass is 209 g/mol. The normalized spacial score (nSPS) is 10.5. The zero-order chi connectivity index (χ0) is 11.4. The Morgan fingerprint density at radius 2 is 2.33 bits per heavy atom. The van der Waals surface area contributed by atoms with E-state index in [4.69, 9.17) is 11.6 Å². The van der Waals surface area contributed by atoms with E-state index in [1.807, 2.05) is 0 Å². The number of rotatable bonds is 3. The first-order chi connectivity index (χ1) is 7.06. The van der Waals surface area contributed by atoms with E-state index < -0.39 is 4.92 Å². The van der Waals surface area contributed by atoms with Crippen molar-refractivity contribution in [3.05, 3.63) is 40.3 Å². The molecule has 0 saturated carbocycles. The molecule has 0 saturated heterocycles. The Hall–Kier alpha value is -2.15. The van der Waals surface area contributed by atoms with Crippen LogP contribution in [-0.4, -0.2) is 9.91 Å². The van der Waals surface area contributed by atoms with Crippen LogP contribution in [0.15, 0.2) is 24.7 Å². The molecule has 0 amide bonds. The van der Waals surface area contributed by atoms with Gasteiger partial charge in [0, 0.05) is 24.0 Å². The summed E-state index contributed by atoms with van der Waals surface area (Å²) in [6.07, 6.45) is 3.80. The summed E-state index contributed by atoms with van der Waals surface area (Å²) in [5.74, 6) is 5.99. The van der Waals surface area contributed by atoms with Crippen LogP contribution in [-0.2, 0) is 0 Å². The van der Waals surface area contributed by atoms with Gasteiger partial charge in [0.15, 0.2) is 0 Å². The number of nitrogens with two attached hydrogens (primary N) is 2. The molecule has 1 aromatic heterocycles. The molecule has 0 aliphatic heterocycles. The summed E-state index contributed by atoms with van der Waals surface area (Å²) in [4.78, 5) is 13.8. The Kier molecular flexibility index (Phi) is 3.19. The standard InChI is InChI=1S/C8H11N5O2/c1-6-4-7(13(14)15)5-11-8(6)12(10)3-2-9/h2-5H,9-10H2,1H3/b3-2-. The van der Waals surface area contributed by atoms with Crippen molar-refractivity contribution in [3.8, 4) is 0 Å². The molecule has 0 aliphatic rings. The van der Waals surface area contributed by atoms with Crippen molar-refractivity contribution in [2.45, 2.75) is 6.92 Å². The molecule has 0 spiro atoms. The van der Waals surface area contributed by atoms with Gasteiger partial charge in [0.1, 0.15) is 12.0 Å². The van der Waals surface area contributed by atoms with E-state index in [0.717, 1.165) is 6.20 Å². The second kappa shape index (κ2) is 4.38. The van der Waals surface area contributed by atoms with Crippen LogP contribution in [0.1, 0.15) is 5.56 Å². The van der Waals surface area contributed by atoms with Gasteiger partial charge >= 0.3 is 0 Å². The van der Waals surface area contributed by atoms with Crippen LogP contribution in [0, 0.1) is 17.0 Å². The molecule has 0 radical (unpaired) electrons. The lowest BCUT2D eigenvalue weighted by Crippen LogP contribution is -2.26. The van der Waals surface area contributed by atoms with Crippen LogP contribution in [0.3, 0.4) is 0 Å². The molecular weight excluding hydrogens is 198 g/mol. The van der Waals surface area contributed by atoms with E-state index in [-0.39, 0.29) is 5.69 Å². The minimum absolute atomic E-state index is 0.0682. The average molecular weight is 209 g/mol. The molecule has 0 unspecified atom stereocenters. The lowest BCUT2D eigenvalue weighted by Gasteiger charge is -2.13. The number of nitro groups is 1. The third-order valence-corrected chi connectivity index (χ3v) is 1.74. The van der Waals surface area contributed by atoms with Gasteiger partial charge in [0.2, 0.25) is 0 Å². The third kappa shape index (κ3) is 2.41. The van der Waals surface area contributed by atoms with E-state index in [1.165, 1.54) is 23.5 Å². The van der Waals surface area contributed by atoms with Gasteiger partial charge in [0.25, 0.3) is 5.69 Å². The number of aromatic nitrogens is 1. The molecule has 4 N–H and O–H groups in total. The van der Waals surface area contributed by atoms with Crippen LogP contribution < -0.4 is 16.6 Å². The van der Waals surface area contributed by atoms with Gasteiger partial charge in [-0.05, 0) is 6.92 Å². The van der Waals surface area contributed by atoms with Gasteiger partial charge in [-0.2, -0.15) is 0 Å². The second-order valence-corrected chi connectivity index (χ2v) is 2.84. The number of nitrogens with zero attached hydrogens (tertiary/aromatic N) is 3. The molecule has 1 aromatic rings. The van der Waals surface area contributed by atoms with Crippen molar-refractivity contribution in [2.24, 2.45) is 11.6 Å². The van der Waals surface area contributed by atoms with Crippen LogP contribution in [0.4, 0.5) is 11.5 Å². The minimum atomic E-state index is -0.511. The minimum Gasteiger partial charge on any atom is -0.403 e. The zero-order valence-electron chi connectivity index (χ0n) is 8.12. The van der Waals surface area contributed by atoms with Crippen molar-refractivity contribution in [3.63, 3.8) is 0 Å². The largest absolute Gasteiger partial charge is 0.403 e. The van der Waals surface area contributed by atoms with Gasteiger partial charge in [-0.25, -0.2) is 10.8 Å². The fourth-order valence-electron chi connectivity index (χ4n) is 1.09. The summed E-state index contributed by atoms with van der Waals surface area (Å²) in [6, 6.07) is 1.40. The number of hydrazine groups is 1. The van der Waals surface area contributed by atoms with Gasteiger partial charge in [0.05, 0.1) is 4.92 Å². The first-order valence-electron chi connectivity index (χ1n) is 4.09. The molecule has 80 valence electrons. The Labute approximate surface area is 86.1 Å². The fourth-order valence-corrected chi connectivity index (χ4v) is 1.09. The first-order valence-corrected chi connectivity index (χ1v) is 4.09. The highest BCUT2D eigenvalue weighted by Gasteiger charge is 2.11. The Morgan fingerprint density at radius 1 is 1.67 bits per heavy atom. The number of aryl methyl sites for hydroxylation is 1. The molecule has 0 aromatic carbocycles. The summed E-state index contributed by atoms with van der Waals surface area (Å²) in [7, 11) is 0. The molecule has 1 heterocycles. The summed E-state index contributed by atoms with van der Waals surface area (Å²) in [5, 5.41) is 11.6. The van der Waals surface area contributed by atoms with Crippen molar-refractivity contribution >= 4 is 11.5 Å². The smallest absolute Gasteiger partial charge is 0.287 e. The van der Waals surface area contributed by atoms with Crippen molar-refractivity contribution < 1.29 is 4.92 Å². The van der Waals surface area contributed by atoms with E-state index in [9.17, 15) is 10.1 Å². The molecule has 7 nitrogen and oxygen atoms in total. The van der Waals surface area contributed by atoms with Crippen LogP contribution >= 0.6 is 0 Å². The number of anilines is 1. The Morgan fingerprint density at radius 3 is 2.80 bits per heavy atom. The van der Waals surface area contributed by atoms with Crippen molar-refractivity contribution in [1.82, 2.24) is 4.98 Å². The maximum Gasteiger partial charge on any atom is 0.287 e. The summed E-state index contributed by atoms with van der Waals surface area (Å²) in [6.45, 7) is 1.68. The Balaban J connectivity index is 3.08. The van der Waals surface area contributed by atoms with E-state index >= 15 is 0 Å². The third-order valence-electron chi connectivity index (χ3n) is 1.74. The lowest BCUT2D eigenvalue weighted by atomic mass is 10.2. The van der Waals surface area contributed by atoms with Gasteiger partial charge in [-0.1, -0.05) is 0 Å². The van der Waals surface area contributed by atoms with Crippen molar-refractivity contribution in [2.75, 3.05) is 5.01 Å². The fraction of sp³-hybridized carbons (Fsp3) is 0.125. The van der Waals surface area contributed by atoms with E-state index in [2.05, 4.69) is 4.98 Å². The molecule has 0 bridgehead atoms. The van der Waals surface area contributed by atoms with Gasteiger partial charge in [-0.3, -0.25) is 15.1 Å². The molecule has 1 rings (SSSR count). The van der Waals surface area contributed by atoms with Crippen LogP contribution in [0.2, 0.25) is 0 Å². The number of hydrogen-bond acceptors (Lipinski definition) is 6. The number of pyridine rings is 1. The molecule has 15 heavy (non-hydrogen) atoms. The predicted octanol–water partition coefficient (Wildman–Crippen LogP) is 0.408. The maximum atomic E-state index is 10.4. The second-order valence-electron chi connectivity index (χ2n) is 2.84. The van der Waals surface area contributed by atoms with E-state index in [1.54, 1.807) is 6.92 Å². The van der Waals surface area contributed by atoms with Crippen LogP contribution in [0.25, 0.3) is 0 Å². The summed E-state index contributed by atoms with van der Waals surface area (Å²) >= 11 is 0. The molecule has 0 fully saturated rings. The average Bonchev–Trinajstić information content (AvgIpc) is 2.17. The van der Waals surface area contributed by atoms with Gasteiger partial charge < -0.3 is 5.73 Å². The predicted molar refractivity (Wildman–Crippen MR) is 55.6 cm³/mol. The quantitative estimate of drug-likeness (QED) is 0.423. The van der Waals surface area contributed by atoms with Crippen LogP contribution in [0.5, 0.6) is 0 Å². The first kappa shape index (κ1) is 10.9. The Bertz CT molecular complexity index is 404. The topological polar surface area (TPSA) is 111 Å². The molecule has 7 heteroatoms. The van der Waals surface area contributed by atoms with Crippen molar-refractivity contribution in [1.29, 1.82) is 0 Å². The molecule has 0 atom stereocenters. The van der Waals surface area contributed by atoms with E-state index in [0.29, 0.717) is 11.4 Å². The highest BCUT2D eigenvalue weighted by atomic mass is 16.6. The van der Waals surface area contributed by atoms with Gasteiger partial charge in [-0.15, -0.1) is 0 Å². The lowest BCUT2D eigenvalue weighted by molar-refractivity contribution is -0.385. The SMILES string of the molecule is Cc1cc([N+](=O)[O-])cnc1N(N)/C=C\N. The highest BCUT2D eigenvalue weighted by Crippen LogP contribution is 2.19. The number of hydrogen-bond donors (Lipinski definition) is 2. The summed E-state index contributed by atoms with van der Waals surface area (Å²) < 4.78 is 0. The molecule has 0 aliphatic carbocycles.